The third-order valence-electron chi connectivity index (χ3n) is 4.69. The molecule has 1 aromatic heterocycles. The summed E-state index contributed by atoms with van der Waals surface area (Å²) < 4.78 is 32.9. The van der Waals surface area contributed by atoms with E-state index in [1.807, 2.05) is 58.9 Å². The minimum Gasteiger partial charge on any atom is -0.494 e. The molecule has 26 heavy (non-hydrogen) atoms. The first kappa shape index (κ1) is 18.6. The molecular weight excluding hydrogens is 336 g/mol. The molecule has 8 heteroatoms. The van der Waals surface area contributed by atoms with Crippen LogP contribution in [0.4, 0.5) is 4.39 Å². The lowest BCUT2D eigenvalue weighted by atomic mass is 9.87. The van der Waals surface area contributed by atoms with Crippen molar-refractivity contribution in [2.45, 2.75) is 45.8 Å². The van der Waals surface area contributed by atoms with Gasteiger partial charge in [0, 0.05) is 0 Å². The summed E-state index contributed by atoms with van der Waals surface area (Å²) in [6, 6.07) is 7.41. The number of rotatable bonds is 5. The van der Waals surface area contributed by atoms with Crippen molar-refractivity contribution in [1.82, 2.24) is 15.0 Å². The number of aromatic nitrogens is 3. The van der Waals surface area contributed by atoms with E-state index in [1.165, 1.54) is 6.08 Å². The van der Waals surface area contributed by atoms with Gasteiger partial charge in [-0.3, -0.25) is 0 Å². The maximum absolute atomic E-state index is 14.5. The molecule has 0 radical (unpaired) electrons. The monoisotopic (exact) mass is 359 g/mol. The first-order valence-corrected chi connectivity index (χ1v) is 8.60. The lowest BCUT2D eigenvalue weighted by molar-refractivity contribution is 0.00578. The predicted molar refractivity (Wildman–Crippen MR) is 97.7 cm³/mol. The Kier molecular flexibility index (Phi) is 4.90. The fourth-order valence-electron chi connectivity index (χ4n) is 2.50. The zero-order valence-electron chi connectivity index (χ0n) is 15.7. The third-order valence-corrected chi connectivity index (χ3v) is 4.69. The number of benzene rings is 1. The van der Waals surface area contributed by atoms with Crippen LogP contribution in [0.3, 0.4) is 0 Å². The molecule has 0 spiro atoms. The molecule has 2 aromatic rings. The predicted octanol–water partition coefficient (Wildman–Crippen LogP) is 3.61. The van der Waals surface area contributed by atoms with Crippen LogP contribution in [-0.4, -0.2) is 39.9 Å². The van der Waals surface area contributed by atoms with E-state index in [-0.39, 0.29) is 0 Å². The van der Waals surface area contributed by atoms with Gasteiger partial charge in [0.1, 0.15) is 17.2 Å². The summed E-state index contributed by atoms with van der Waals surface area (Å²) in [5.74, 6) is 0.781. The Hall–Kier alpha value is -2.19. The quantitative estimate of drug-likeness (QED) is 0.764. The molecule has 6 nitrogen and oxygen atoms in total. The summed E-state index contributed by atoms with van der Waals surface area (Å²) in [6.45, 7) is 10.0. The van der Waals surface area contributed by atoms with E-state index in [2.05, 4.69) is 10.3 Å². The van der Waals surface area contributed by atoms with Crippen molar-refractivity contribution in [3.63, 3.8) is 0 Å². The van der Waals surface area contributed by atoms with Gasteiger partial charge < -0.3 is 14.0 Å². The standard InChI is InChI=1S/C18H23BFN3O3/c1-6-24-15-9-7-14(8-10-15)23-12-13(21-22-23)11-16(20)19-25-17(2,3)18(4,5)26-19/h7-12H,6H2,1-5H3. The number of halogens is 1. The topological polar surface area (TPSA) is 58.4 Å². The van der Waals surface area contributed by atoms with Crippen LogP contribution in [0.25, 0.3) is 11.8 Å². The highest BCUT2D eigenvalue weighted by Crippen LogP contribution is 2.39. The SMILES string of the molecule is CCOc1ccc(-n2cc(C=C(F)B3OC(C)(C)C(C)(C)O3)nn2)cc1. The van der Waals surface area contributed by atoms with Gasteiger partial charge in [0.15, 0.2) is 0 Å². The van der Waals surface area contributed by atoms with Gasteiger partial charge in [-0.1, -0.05) is 5.21 Å². The summed E-state index contributed by atoms with van der Waals surface area (Å²) in [6.07, 6.45) is 2.92. The first-order chi connectivity index (χ1) is 12.2. The molecule has 2 heterocycles. The van der Waals surface area contributed by atoms with E-state index in [9.17, 15) is 4.39 Å². The van der Waals surface area contributed by atoms with E-state index in [0.717, 1.165) is 11.4 Å². The van der Waals surface area contributed by atoms with E-state index >= 15 is 0 Å². The number of hydrogen-bond donors (Lipinski definition) is 0. The molecule has 1 aliphatic heterocycles. The number of ether oxygens (including phenoxy) is 1. The highest BCUT2D eigenvalue weighted by atomic mass is 19.1. The van der Waals surface area contributed by atoms with Gasteiger partial charge in [-0.05, 0) is 65.0 Å². The Bertz CT molecular complexity index is 786. The maximum atomic E-state index is 14.5. The van der Waals surface area contributed by atoms with Crippen LogP contribution < -0.4 is 4.74 Å². The lowest BCUT2D eigenvalue weighted by Gasteiger charge is -2.32. The van der Waals surface area contributed by atoms with Gasteiger partial charge >= 0.3 is 7.12 Å². The lowest BCUT2D eigenvalue weighted by Crippen LogP contribution is -2.41. The minimum atomic E-state index is -1.05. The second-order valence-corrected chi connectivity index (χ2v) is 7.13. The van der Waals surface area contributed by atoms with Gasteiger partial charge in [-0.15, -0.1) is 5.10 Å². The normalized spacial score (nSPS) is 19.0. The fraction of sp³-hybridized carbons (Fsp3) is 0.444. The summed E-state index contributed by atoms with van der Waals surface area (Å²) >= 11 is 0. The van der Waals surface area contributed by atoms with Gasteiger partial charge in [0.25, 0.3) is 0 Å². The van der Waals surface area contributed by atoms with Crippen molar-refractivity contribution in [2.75, 3.05) is 6.61 Å². The molecule has 3 rings (SSSR count). The molecule has 0 N–H and O–H groups in total. The van der Waals surface area contributed by atoms with E-state index in [4.69, 9.17) is 14.0 Å². The molecule has 0 unspecified atom stereocenters. The van der Waals surface area contributed by atoms with E-state index < -0.39 is 24.0 Å². The van der Waals surface area contributed by atoms with Gasteiger partial charge in [-0.2, -0.15) is 0 Å². The van der Waals surface area contributed by atoms with Crippen molar-refractivity contribution >= 4 is 13.2 Å². The number of hydrogen-bond acceptors (Lipinski definition) is 5. The van der Waals surface area contributed by atoms with Crippen LogP contribution >= 0.6 is 0 Å². The maximum Gasteiger partial charge on any atom is 0.525 e. The van der Waals surface area contributed by atoms with Crippen LogP contribution in [0.2, 0.25) is 0 Å². The molecule has 0 aliphatic carbocycles. The molecule has 1 fully saturated rings. The number of nitrogens with zero attached hydrogens (tertiary/aromatic N) is 3. The van der Waals surface area contributed by atoms with Crippen LogP contribution in [0.15, 0.2) is 36.2 Å². The van der Waals surface area contributed by atoms with Gasteiger partial charge in [0.05, 0.1) is 29.7 Å². The average molecular weight is 359 g/mol. The Balaban J connectivity index is 1.74. The van der Waals surface area contributed by atoms with Gasteiger partial charge in [0.2, 0.25) is 0 Å². The highest BCUT2D eigenvalue weighted by molar-refractivity contribution is 6.54. The van der Waals surface area contributed by atoms with Crippen molar-refractivity contribution in [1.29, 1.82) is 0 Å². The van der Waals surface area contributed by atoms with Crippen molar-refractivity contribution in [3.8, 4) is 11.4 Å². The summed E-state index contributed by atoms with van der Waals surface area (Å²) in [5.41, 5.74) is -0.545. The third kappa shape index (κ3) is 3.66. The zero-order chi connectivity index (χ0) is 18.9. The molecule has 0 atom stereocenters. The molecule has 0 bridgehead atoms. The minimum absolute atomic E-state index is 0.381. The zero-order valence-corrected chi connectivity index (χ0v) is 15.7. The fourth-order valence-corrected chi connectivity index (χ4v) is 2.50. The molecule has 1 aromatic carbocycles. The Labute approximate surface area is 153 Å². The van der Waals surface area contributed by atoms with Crippen LogP contribution in [0.1, 0.15) is 40.3 Å². The summed E-state index contributed by atoms with van der Waals surface area (Å²) in [7, 11) is -1.05. The van der Waals surface area contributed by atoms with Crippen LogP contribution in [-0.2, 0) is 9.31 Å². The Morgan fingerprint density at radius 3 is 2.38 bits per heavy atom. The summed E-state index contributed by atoms with van der Waals surface area (Å²) in [4.78, 5) is 0. The Morgan fingerprint density at radius 2 is 1.81 bits per heavy atom. The second kappa shape index (κ2) is 6.85. The van der Waals surface area contributed by atoms with Crippen LogP contribution in [0, 0.1) is 0 Å². The Morgan fingerprint density at radius 1 is 1.19 bits per heavy atom. The molecule has 138 valence electrons. The average Bonchev–Trinajstić information content (AvgIpc) is 3.11. The smallest absolute Gasteiger partial charge is 0.494 e. The van der Waals surface area contributed by atoms with E-state index in [1.54, 1.807) is 10.9 Å². The molecule has 0 saturated carbocycles. The van der Waals surface area contributed by atoms with Crippen molar-refractivity contribution in [3.05, 3.63) is 41.9 Å². The van der Waals surface area contributed by atoms with E-state index in [0.29, 0.717) is 12.3 Å². The largest absolute Gasteiger partial charge is 0.525 e. The van der Waals surface area contributed by atoms with Crippen molar-refractivity contribution in [2.24, 2.45) is 0 Å². The second-order valence-electron chi connectivity index (χ2n) is 7.13. The molecule has 1 aliphatic rings. The molecular formula is C18H23BFN3O3. The summed E-state index contributed by atoms with van der Waals surface area (Å²) in [5, 5.41) is 8.02. The highest BCUT2D eigenvalue weighted by Gasteiger charge is 2.53. The first-order valence-electron chi connectivity index (χ1n) is 8.60. The van der Waals surface area contributed by atoms with Crippen LogP contribution in [0.5, 0.6) is 5.75 Å². The molecule has 1 saturated heterocycles. The molecule has 0 amide bonds. The van der Waals surface area contributed by atoms with Crippen molar-refractivity contribution < 1.29 is 18.4 Å². The van der Waals surface area contributed by atoms with Gasteiger partial charge in [-0.25, -0.2) is 9.07 Å².